The third-order valence-corrected chi connectivity index (χ3v) is 3.12. The van der Waals surface area contributed by atoms with Crippen LogP contribution < -0.4 is 5.32 Å². The molecule has 0 bridgehead atoms. The molecule has 11 nitrogen and oxygen atoms in total. The van der Waals surface area contributed by atoms with Crippen molar-refractivity contribution >= 4 is 5.91 Å². The molecule has 3 aromatic rings. The Hall–Kier alpha value is -3.11. The molecule has 0 fully saturated rings. The van der Waals surface area contributed by atoms with Crippen LogP contribution in [0.4, 0.5) is 0 Å². The summed E-state index contributed by atoms with van der Waals surface area (Å²) in [6, 6.07) is -0.433. The van der Waals surface area contributed by atoms with E-state index in [0.29, 0.717) is 23.1 Å². The third-order valence-electron chi connectivity index (χ3n) is 3.12. The predicted molar refractivity (Wildman–Crippen MR) is 75.5 cm³/mol. The minimum atomic E-state index is -0.433. The van der Waals surface area contributed by atoms with Crippen molar-refractivity contribution in [3.63, 3.8) is 0 Å². The van der Waals surface area contributed by atoms with Gasteiger partial charge in [0.05, 0.1) is 6.20 Å². The van der Waals surface area contributed by atoms with E-state index in [-0.39, 0.29) is 5.91 Å². The van der Waals surface area contributed by atoms with Crippen molar-refractivity contribution in [2.45, 2.75) is 32.7 Å². The van der Waals surface area contributed by atoms with Crippen LogP contribution in [0.2, 0.25) is 0 Å². The molecule has 3 rings (SSSR count). The molecule has 0 spiro atoms. The highest BCUT2D eigenvalue weighted by Crippen LogP contribution is 2.14. The molecule has 23 heavy (non-hydrogen) atoms. The maximum absolute atomic E-state index is 12.4. The SMILES string of the molecule is CCCc1noc([C@H](C)NC(=O)c2cn[nH]c2-n2cnnn2)n1. The highest BCUT2D eigenvalue weighted by atomic mass is 16.5. The van der Waals surface area contributed by atoms with Gasteiger partial charge < -0.3 is 9.84 Å². The highest BCUT2D eigenvalue weighted by molar-refractivity contribution is 5.97. The van der Waals surface area contributed by atoms with Gasteiger partial charge in [-0.15, -0.1) is 5.10 Å². The molecule has 0 aliphatic carbocycles. The summed E-state index contributed by atoms with van der Waals surface area (Å²) in [5, 5.41) is 24.0. The monoisotopic (exact) mass is 317 g/mol. The zero-order valence-corrected chi connectivity index (χ0v) is 12.6. The Labute approximate surface area is 130 Å². The summed E-state index contributed by atoms with van der Waals surface area (Å²) < 4.78 is 6.48. The van der Waals surface area contributed by atoms with Gasteiger partial charge in [0.2, 0.25) is 5.89 Å². The quantitative estimate of drug-likeness (QED) is 0.657. The normalized spacial score (nSPS) is 12.3. The zero-order valence-electron chi connectivity index (χ0n) is 12.6. The molecule has 0 radical (unpaired) electrons. The number of H-pyrrole nitrogens is 1. The summed E-state index contributed by atoms with van der Waals surface area (Å²) in [4.78, 5) is 16.6. The van der Waals surface area contributed by atoms with E-state index in [4.69, 9.17) is 4.52 Å². The molecule has 3 heterocycles. The topological polar surface area (TPSA) is 140 Å². The van der Waals surface area contributed by atoms with Crippen LogP contribution in [0, 0.1) is 0 Å². The molecule has 0 unspecified atom stereocenters. The number of nitrogens with one attached hydrogen (secondary N) is 2. The van der Waals surface area contributed by atoms with E-state index in [1.807, 2.05) is 6.92 Å². The van der Waals surface area contributed by atoms with Gasteiger partial charge in [0.25, 0.3) is 5.91 Å². The van der Waals surface area contributed by atoms with Gasteiger partial charge in [-0.1, -0.05) is 12.1 Å². The number of carbonyl (C=O) groups excluding carboxylic acids is 1. The van der Waals surface area contributed by atoms with Crippen molar-refractivity contribution in [1.29, 1.82) is 0 Å². The molecule has 3 aromatic heterocycles. The number of tetrazole rings is 1. The lowest BCUT2D eigenvalue weighted by atomic mass is 10.2. The molecule has 0 saturated heterocycles. The standard InChI is InChI=1S/C12H15N9O2/c1-3-4-9-16-12(23-18-9)7(2)15-11(22)8-5-13-17-10(8)21-6-14-19-20-21/h5-7H,3-4H2,1-2H3,(H,13,17)(H,15,22)/t7-/m0/s1. The van der Waals surface area contributed by atoms with Gasteiger partial charge in [-0.2, -0.15) is 14.8 Å². The smallest absolute Gasteiger partial charge is 0.257 e. The fourth-order valence-electron chi connectivity index (χ4n) is 1.99. The van der Waals surface area contributed by atoms with E-state index in [0.717, 1.165) is 12.8 Å². The largest absolute Gasteiger partial charge is 0.340 e. The first-order valence-corrected chi connectivity index (χ1v) is 7.09. The Bertz CT molecular complexity index is 776. The molecule has 120 valence electrons. The summed E-state index contributed by atoms with van der Waals surface area (Å²) >= 11 is 0. The van der Waals surface area contributed by atoms with Crippen molar-refractivity contribution < 1.29 is 9.32 Å². The number of amides is 1. The first kappa shape index (κ1) is 14.8. The maximum Gasteiger partial charge on any atom is 0.257 e. The van der Waals surface area contributed by atoms with Crippen LogP contribution in [0.3, 0.4) is 0 Å². The fraction of sp³-hybridized carbons (Fsp3) is 0.417. The van der Waals surface area contributed by atoms with Crippen LogP contribution in [0.1, 0.15) is 48.4 Å². The van der Waals surface area contributed by atoms with Crippen molar-refractivity contribution in [3.05, 3.63) is 29.8 Å². The van der Waals surface area contributed by atoms with E-state index >= 15 is 0 Å². The first-order valence-electron chi connectivity index (χ1n) is 7.09. The number of hydrogen-bond donors (Lipinski definition) is 2. The Morgan fingerprint density at radius 3 is 3.13 bits per heavy atom. The summed E-state index contributed by atoms with van der Waals surface area (Å²) in [5.41, 5.74) is 0.303. The summed E-state index contributed by atoms with van der Waals surface area (Å²) in [5.74, 6) is 0.999. The Morgan fingerprint density at radius 1 is 1.52 bits per heavy atom. The van der Waals surface area contributed by atoms with Gasteiger partial charge >= 0.3 is 0 Å². The van der Waals surface area contributed by atoms with Crippen LogP contribution in [0.25, 0.3) is 5.82 Å². The van der Waals surface area contributed by atoms with Gasteiger partial charge in [0, 0.05) is 6.42 Å². The van der Waals surface area contributed by atoms with Crippen molar-refractivity contribution in [3.8, 4) is 5.82 Å². The molecule has 2 N–H and O–H groups in total. The van der Waals surface area contributed by atoms with Gasteiger partial charge in [0.1, 0.15) is 17.9 Å². The lowest BCUT2D eigenvalue weighted by molar-refractivity contribution is 0.0932. The lowest BCUT2D eigenvalue weighted by Gasteiger charge is -2.09. The fourth-order valence-corrected chi connectivity index (χ4v) is 1.99. The summed E-state index contributed by atoms with van der Waals surface area (Å²) in [6.45, 7) is 3.79. The van der Waals surface area contributed by atoms with Crippen LogP contribution in [0.15, 0.2) is 17.0 Å². The Balaban J connectivity index is 1.73. The highest BCUT2D eigenvalue weighted by Gasteiger charge is 2.21. The summed E-state index contributed by atoms with van der Waals surface area (Å²) in [6.07, 6.45) is 4.41. The second kappa shape index (κ2) is 6.34. The van der Waals surface area contributed by atoms with Gasteiger partial charge in [-0.3, -0.25) is 9.89 Å². The number of rotatable bonds is 6. The van der Waals surface area contributed by atoms with Crippen LogP contribution in [-0.4, -0.2) is 46.5 Å². The Morgan fingerprint density at radius 2 is 2.39 bits per heavy atom. The van der Waals surface area contributed by atoms with Gasteiger partial charge in [0.15, 0.2) is 11.6 Å². The number of carbonyl (C=O) groups is 1. The minimum Gasteiger partial charge on any atom is -0.340 e. The number of aryl methyl sites for hydroxylation is 1. The molecule has 1 amide bonds. The predicted octanol–water partition coefficient (Wildman–Crippen LogP) is 0.212. The van der Waals surface area contributed by atoms with Crippen molar-refractivity contribution in [2.75, 3.05) is 0 Å². The van der Waals surface area contributed by atoms with E-state index in [9.17, 15) is 4.79 Å². The number of hydrogen-bond acceptors (Lipinski definition) is 8. The van der Waals surface area contributed by atoms with E-state index in [2.05, 4.69) is 41.2 Å². The molecule has 0 aliphatic rings. The molecular formula is C12H15N9O2. The minimum absolute atomic E-state index is 0.303. The van der Waals surface area contributed by atoms with Crippen LogP contribution >= 0.6 is 0 Å². The van der Waals surface area contributed by atoms with Crippen LogP contribution in [-0.2, 0) is 6.42 Å². The van der Waals surface area contributed by atoms with Gasteiger partial charge in [-0.05, 0) is 23.8 Å². The molecule has 0 aliphatic heterocycles. The van der Waals surface area contributed by atoms with Crippen LogP contribution in [0.5, 0.6) is 0 Å². The lowest BCUT2D eigenvalue weighted by Crippen LogP contribution is -2.27. The van der Waals surface area contributed by atoms with Gasteiger partial charge in [-0.25, -0.2) is 0 Å². The number of aromatic amines is 1. The molecular weight excluding hydrogens is 302 g/mol. The first-order chi connectivity index (χ1) is 11.2. The second-order valence-electron chi connectivity index (χ2n) is 4.88. The molecule has 0 aromatic carbocycles. The number of nitrogens with zero attached hydrogens (tertiary/aromatic N) is 7. The molecule has 1 atom stereocenters. The Kier molecular flexibility index (Phi) is 4.08. The molecule has 0 saturated carbocycles. The zero-order chi connectivity index (χ0) is 16.2. The molecule has 11 heteroatoms. The van der Waals surface area contributed by atoms with E-state index in [1.165, 1.54) is 17.2 Å². The van der Waals surface area contributed by atoms with Crippen molar-refractivity contribution in [2.24, 2.45) is 0 Å². The second-order valence-corrected chi connectivity index (χ2v) is 4.88. The van der Waals surface area contributed by atoms with E-state index in [1.54, 1.807) is 6.92 Å². The van der Waals surface area contributed by atoms with Crippen molar-refractivity contribution in [1.82, 2.24) is 45.9 Å². The maximum atomic E-state index is 12.4. The average Bonchev–Trinajstić information content (AvgIpc) is 3.27. The average molecular weight is 317 g/mol. The van der Waals surface area contributed by atoms with E-state index < -0.39 is 6.04 Å². The summed E-state index contributed by atoms with van der Waals surface area (Å²) in [7, 11) is 0. The number of aromatic nitrogens is 8. The third kappa shape index (κ3) is 3.07.